The molecule has 3 nitrogen and oxygen atoms in total. The van der Waals surface area contributed by atoms with Crippen molar-refractivity contribution in [2.24, 2.45) is 0 Å². The number of hydrogen-bond acceptors (Lipinski definition) is 3. The lowest BCUT2D eigenvalue weighted by Crippen LogP contribution is -2.38. The summed E-state index contributed by atoms with van der Waals surface area (Å²) in [6.07, 6.45) is 2.70. The van der Waals surface area contributed by atoms with Gasteiger partial charge in [0.15, 0.2) is 0 Å². The van der Waals surface area contributed by atoms with Crippen molar-refractivity contribution in [2.45, 2.75) is 52.4 Å². The Balaban J connectivity index is 2.33. The van der Waals surface area contributed by atoms with Crippen LogP contribution in [-0.2, 0) is 10.2 Å². The van der Waals surface area contributed by atoms with Gasteiger partial charge in [0.05, 0.1) is 5.41 Å². The van der Waals surface area contributed by atoms with Crippen LogP contribution in [-0.4, -0.2) is 30.5 Å². The smallest absolute Gasteiger partial charge is 0.322 e. The third-order valence-electron chi connectivity index (χ3n) is 4.67. The third-order valence-corrected chi connectivity index (χ3v) is 4.67. The molecule has 1 unspecified atom stereocenters. The fourth-order valence-electron chi connectivity index (χ4n) is 3.33. The van der Waals surface area contributed by atoms with Crippen LogP contribution in [0.5, 0.6) is 5.75 Å². The summed E-state index contributed by atoms with van der Waals surface area (Å²) in [5, 5.41) is 0. The summed E-state index contributed by atoms with van der Waals surface area (Å²) >= 11 is 0. The number of carbonyl (C=O) groups is 1. The molecule has 0 aromatic heterocycles. The van der Waals surface area contributed by atoms with E-state index in [1.807, 2.05) is 12.1 Å². The zero-order valence-corrected chi connectivity index (χ0v) is 13.7. The van der Waals surface area contributed by atoms with Crippen molar-refractivity contribution in [1.29, 1.82) is 0 Å². The molecule has 0 spiro atoms. The van der Waals surface area contributed by atoms with Crippen molar-refractivity contribution in [3.8, 4) is 5.75 Å². The molecule has 1 heterocycles. The standard InChI is InChI=1S/C18H27NO2/c1-5-10-18(11-12-19(6-2)7-3)15-13-14(4)8-9-16(15)21-17(18)20/h8-9,13H,5-7,10-12H2,1-4H3. The van der Waals surface area contributed by atoms with E-state index in [1.165, 1.54) is 5.56 Å². The lowest BCUT2D eigenvalue weighted by molar-refractivity contribution is -0.139. The van der Waals surface area contributed by atoms with Crippen molar-refractivity contribution >= 4 is 5.97 Å². The average molecular weight is 289 g/mol. The molecule has 0 radical (unpaired) electrons. The zero-order chi connectivity index (χ0) is 15.5. The van der Waals surface area contributed by atoms with Gasteiger partial charge >= 0.3 is 5.97 Å². The first-order chi connectivity index (χ1) is 10.1. The molecule has 1 aromatic carbocycles. The molecule has 1 aliphatic rings. The quantitative estimate of drug-likeness (QED) is 0.566. The maximum absolute atomic E-state index is 12.6. The minimum atomic E-state index is -0.446. The van der Waals surface area contributed by atoms with Gasteiger partial charge in [-0.15, -0.1) is 0 Å². The average Bonchev–Trinajstić information content (AvgIpc) is 2.73. The lowest BCUT2D eigenvalue weighted by Gasteiger charge is -2.29. The van der Waals surface area contributed by atoms with Gasteiger partial charge < -0.3 is 9.64 Å². The molecule has 1 aliphatic heterocycles. The SMILES string of the molecule is CCCC1(CCN(CC)CC)C(=O)Oc2ccc(C)cc21. The van der Waals surface area contributed by atoms with E-state index in [0.29, 0.717) is 0 Å². The zero-order valence-electron chi connectivity index (χ0n) is 13.7. The molecule has 21 heavy (non-hydrogen) atoms. The van der Waals surface area contributed by atoms with Crippen LogP contribution in [0.25, 0.3) is 0 Å². The minimum absolute atomic E-state index is 0.0582. The topological polar surface area (TPSA) is 29.5 Å². The normalized spacial score (nSPS) is 20.7. The van der Waals surface area contributed by atoms with Gasteiger partial charge in [-0.1, -0.05) is 44.9 Å². The van der Waals surface area contributed by atoms with Gasteiger partial charge in [-0.05, 0) is 45.5 Å². The molecule has 0 saturated heterocycles. The molecule has 0 N–H and O–H groups in total. The highest BCUT2D eigenvalue weighted by molar-refractivity contribution is 5.90. The number of benzene rings is 1. The molecule has 0 bridgehead atoms. The molecule has 1 aromatic rings. The Morgan fingerprint density at radius 2 is 1.86 bits per heavy atom. The second-order valence-corrected chi connectivity index (χ2v) is 6.00. The van der Waals surface area contributed by atoms with E-state index in [0.717, 1.165) is 50.2 Å². The number of fused-ring (bicyclic) bond motifs is 1. The lowest BCUT2D eigenvalue weighted by atomic mass is 9.74. The first kappa shape index (κ1) is 16.0. The summed E-state index contributed by atoms with van der Waals surface area (Å²) in [5.74, 6) is 0.704. The summed E-state index contributed by atoms with van der Waals surface area (Å²) < 4.78 is 5.57. The van der Waals surface area contributed by atoms with Gasteiger partial charge in [-0.2, -0.15) is 0 Å². The van der Waals surface area contributed by atoms with Crippen LogP contribution in [0.1, 0.15) is 51.2 Å². The van der Waals surface area contributed by atoms with E-state index in [9.17, 15) is 4.79 Å². The largest absolute Gasteiger partial charge is 0.426 e. The third kappa shape index (κ3) is 2.98. The Bertz CT molecular complexity index is 508. The van der Waals surface area contributed by atoms with Crippen molar-refractivity contribution in [3.63, 3.8) is 0 Å². The molecular weight excluding hydrogens is 262 g/mol. The Labute approximate surface area is 128 Å². The predicted octanol–water partition coefficient (Wildman–Crippen LogP) is 3.68. The molecule has 2 rings (SSSR count). The Hall–Kier alpha value is -1.35. The summed E-state index contributed by atoms with van der Waals surface area (Å²) in [6, 6.07) is 6.09. The minimum Gasteiger partial charge on any atom is -0.426 e. The van der Waals surface area contributed by atoms with E-state index in [-0.39, 0.29) is 5.97 Å². The van der Waals surface area contributed by atoms with E-state index in [4.69, 9.17) is 4.74 Å². The number of ether oxygens (including phenoxy) is 1. The molecule has 0 saturated carbocycles. The first-order valence-corrected chi connectivity index (χ1v) is 8.13. The van der Waals surface area contributed by atoms with E-state index >= 15 is 0 Å². The van der Waals surface area contributed by atoms with Crippen LogP contribution in [0.15, 0.2) is 18.2 Å². The highest BCUT2D eigenvalue weighted by Crippen LogP contribution is 2.45. The Kier molecular flexibility index (Phi) is 5.04. The summed E-state index contributed by atoms with van der Waals surface area (Å²) in [6.45, 7) is 11.5. The van der Waals surface area contributed by atoms with Gasteiger partial charge in [0.1, 0.15) is 5.75 Å². The van der Waals surface area contributed by atoms with Crippen LogP contribution in [0.2, 0.25) is 0 Å². The van der Waals surface area contributed by atoms with Crippen LogP contribution in [0.3, 0.4) is 0 Å². The monoisotopic (exact) mass is 289 g/mol. The van der Waals surface area contributed by atoms with Crippen LogP contribution in [0, 0.1) is 6.92 Å². The molecule has 0 fully saturated rings. The van der Waals surface area contributed by atoms with Gasteiger partial charge in [0, 0.05) is 5.56 Å². The van der Waals surface area contributed by atoms with Crippen LogP contribution < -0.4 is 4.74 Å². The van der Waals surface area contributed by atoms with Gasteiger partial charge in [-0.3, -0.25) is 4.79 Å². The fourth-order valence-corrected chi connectivity index (χ4v) is 3.33. The van der Waals surface area contributed by atoms with Crippen LogP contribution >= 0.6 is 0 Å². The number of carbonyl (C=O) groups excluding carboxylic acids is 1. The van der Waals surface area contributed by atoms with E-state index in [2.05, 4.69) is 38.7 Å². The summed E-state index contributed by atoms with van der Waals surface area (Å²) in [5.41, 5.74) is 1.84. The summed E-state index contributed by atoms with van der Waals surface area (Å²) in [7, 11) is 0. The molecule has 1 atom stereocenters. The van der Waals surface area contributed by atoms with E-state index in [1.54, 1.807) is 0 Å². The van der Waals surface area contributed by atoms with E-state index < -0.39 is 5.41 Å². The Morgan fingerprint density at radius 3 is 2.48 bits per heavy atom. The van der Waals surface area contributed by atoms with Crippen molar-refractivity contribution < 1.29 is 9.53 Å². The molecular formula is C18H27NO2. The number of aryl methyl sites for hydroxylation is 1. The van der Waals surface area contributed by atoms with Crippen LogP contribution in [0.4, 0.5) is 0 Å². The number of nitrogens with zero attached hydrogens (tertiary/aromatic N) is 1. The second-order valence-electron chi connectivity index (χ2n) is 6.00. The highest BCUT2D eigenvalue weighted by Gasteiger charge is 2.48. The molecule has 3 heteroatoms. The van der Waals surface area contributed by atoms with Crippen molar-refractivity contribution in [1.82, 2.24) is 4.90 Å². The predicted molar refractivity (Wildman–Crippen MR) is 85.8 cm³/mol. The fraction of sp³-hybridized carbons (Fsp3) is 0.611. The van der Waals surface area contributed by atoms with Crippen molar-refractivity contribution in [2.75, 3.05) is 19.6 Å². The number of hydrogen-bond donors (Lipinski definition) is 0. The Morgan fingerprint density at radius 1 is 1.14 bits per heavy atom. The highest BCUT2D eigenvalue weighted by atomic mass is 16.5. The number of rotatable bonds is 7. The molecule has 116 valence electrons. The second kappa shape index (κ2) is 6.61. The summed E-state index contributed by atoms with van der Waals surface area (Å²) in [4.78, 5) is 15.0. The van der Waals surface area contributed by atoms with Gasteiger partial charge in [-0.25, -0.2) is 0 Å². The van der Waals surface area contributed by atoms with Gasteiger partial charge in [0.25, 0.3) is 0 Å². The van der Waals surface area contributed by atoms with Crippen molar-refractivity contribution in [3.05, 3.63) is 29.3 Å². The maximum Gasteiger partial charge on any atom is 0.322 e. The maximum atomic E-state index is 12.6. The molecule has 0 amide bonds. The van der Waals surface area contributed by atoms with Gasteiger partial charge in [0.2, 0.25) is 0 Å². The molecule has 0 aliphatic carbocycles. The first-order valence-electron chi connectivity index (χ1n) is 8.13. The number of esters is 1.